The summed E-state index contributed by atoms with van der Waals surface area (Å²) in [5, 5.41) is 3.10. The highest BCUT2D eigenvalue weighted by atomic mass is 32.2. The van der Waals surface area contributed by atoms with E-state index in [1.807, 2.05) is 0 Å². The fraction of sp³-hybridized carbons (Fsp3) is 0.333. The van der Waals surface area contributed by atoms with E-state index < -0.39 is 32.8 Å². The number of hydrogen-bond acceptors (Lipinski definition) is 3. The van der Waals surface area contributed by atoms with Crippen LogP contribution in [0, 0.1) is 5.82 Å². The molecule has 0 radical (unpaired) electrons. The first-order valence-electron chi connectivity index (χ1n) is 7.92. The van der Waals surface area contributed by atoms with E-state index >= 15 is 0 Å². The van der Waals surface area contributed by atoms with Crippen molar-refractivity contribution in [1.29, 1.82) is 0 Å². The lowest BCUT2D eigenvalue weighted by molar-refractivity contribution is -0.137. The second-order valence-electron chi connectivity index (χ2n) is 6.66. The highest BCUT2D eigenvalue weighted by molar-refractivity contribution is 7.90. The first kappa shape index (κ1) is 18.7. The summed E-state index contributed by atoms with van der Waals surface area (Å²) in [6.45, 7) is 0.339. The molecule has 1 saturated carbocycles. The van der Waals surface area contributed by atoms with Gasteiger partial charge < -0.3 is 5.32 Å². The van der Waals surface area contributed by atoms with Crippen LogP contribution >= 0.6 is 0 Å². The third-order valence-electron chi connectivity index (χ3n) is 4.60. The predicted molar refractivity (Wildman–Crippen MR) is 90.4 cm³/mol. The average Bonchev–Trinajstić information content (AvgIpc) is 3.32. The molecule has 1 aliphatic rings. The van der Waals surface area contributed by atoms with Gasteiger partial charge in [-0.05, 0) is 60.9 Å². The zero-order chi connectivity index (χ0) is 19.2. The number of benzene rings is 2. The van der Waals surface area contributed by atoms with Gasteiger partial charge in [0.1, 0.15) is 5.82 Å². The van der Waals surface area contributed by atoms with Gasteiger partial charge in [0, 0.05) is 23.9 Å². The van der Waals surface area contributed by atoms with E-state index in [1.165, 1.54) is 12.1 Å². The molecular formula is C18H17F4NO2S. The van der Waals surface area contributed by atoms with Gasteiger partial charge in [-0.3, -0.25) is 0 Å². The summed E-state index contributed by atoms with van der Waals surface area (Å²) in [6, 6.07) is 8.76. The van der Waals surface area contributed by atoms with Crippen LogP contribution in [0.3, 0.4) is 0 Å². The molecule has 0 saturated heterocycles. The molecule has 0 aliphatic heterocycles. The summed E-state index contributed by atoms with van der Waals surface area (Å²) in [5.74, 6) is -0.904. The Morgan fingerprint density at radius 2 is 1.69 bits per heavy atom. The highest BCUT2D eigenvalue weighted by Crippen LogP contribution is 2.49. The monoisotopic (exact) mass is 387 g/mol. The Morgan fingerprint density at radius 3 is 2.19 bits per heavy atom. The number of nitrogens with one attached hydrogen (secondary N) is 1. The molecule has 0 unspecified atom stereocenters. The van der Waals surface area contributed by atoms with Crippen molar-refractivity contribution in [1.82, 2.24) is 0 Å². The Balaban J connectivity index is 1.77. The summed E-state index contributed by atoms with van der Waals surface area (Å²) < 4.78 is 75.3. The minimum Gasteiger partial charge on any atom is -0.384 e. The number of rotatable bonds is 5. The van der Waals surface area contributed by atoms with Gasteiger partial charge in [0.15, 0.2) is 9.84 Å². The molecular weight excluding hydrogens is 370 g/mol. The highest BCUT2D eigenvalue weighted by Gasteiger charge is 2.45. The standard InChI is InChI=1S/C18H17F4NO2S/c1-26(24,25)16-4-2-15(3-5-16)23-11-17(6-7-17)12-8-13(18(20,21)22)10-14(19)9-12/h2-5,8-10,23H,6-7,11H2,1H3. The van der Waals surface area contributed by atoms with Gasteiger partial charge in [-0.1, -0.05) is 0 Å². The number of halogens is 4. The van der Waals surface area contributed by atoms with Gasteiger partial charge in [-0.2, -0.15) is 13.2 Å². The van der Waals surface area contributed by atoms with Gasteiger partial charge in [0.05, 0.1) is 10.5 Å². The van der Waals surface area contributed by atoms with E-state index in [4.69, 9.17) is 0 Å². The molecule has 26 heavy (non-hydrogen) atoms. The van der Waals surface area contributed by atoms with Gasteiger partial charge in [0.25, 0.3) is 0 Å². The van der Waals surface area contributed by atoms with Crippen LogP contribution < -0.4 is 5.32 Å². The Labute approximate surface area is 149 Å². The zero-order valence-electron chi connectivity index (χ0n) is 13.9. The molecule has 0 atom stereocenters. The SMILES string of the molecule is CS(=O)(=O)c1ccc(NCC2(c3cc(F)cc(C(F)(F)F)c3)CC2)cc1. The Morgan fingerprint density at radius 1 is 1.08 bits per heavy atom. The Bertz CT molecular complexity index is 917. The second-order valence-corrected chi connectivity index (χ2v) is 8.67. The van der Waals surface area contributed by atoms with Crippen LogP contribution in [0.5, 0.6) is 0 Å². The lowest BCUT2D eigenvalue weighted by Crippen LogP contribution is -2.21. The van der Waals surface area contributed by atoms with Crippen LogP contribution in [0.15, 0.2) is 47.4 Å². The molecule has 0 amide bonds. The van der Waals surface area contributed by atoms with Crippen molar-refractivity contribution in [3.8, 4) is 0 Å². The van der Waals surface area contributed by atoms with Crippen molar-refractivity contribution in [3.63, 3.8) is 0 Å². The molecule has 1 fully saturated rings. The summed E-state index contributed by atoms with van der Waals surface area (Å²) in [7, 11) is -3.29. The topological polar surface area (TPSA) is 46.2 Å². The lowest BCUT2D eigenvalue weighted by atomic mass is 9.93. The summed E-state index contributed by atoms with van der Waals surface area (Å²) in [6.07, 6.45) is -2.18. The Hall–Kier alpha value is -2.09. The van der Waals surface area contributed by atoms with Gasteiger partial charge in [0.2, 0.25) is 0 Å². The normalized spacial score (nSPS) is 16.3. The maximum Gasteiger partial charge on any atom is 0.416 e. The third-order valence-corrected chi connectivity index (χ3v) is 5.73. The van der Waals surface area contributed by atoms with Crippen molar-refractivity contribution in [2.45, 2.75) is 29.3 Å². The van der Waals surface area contributed by atoms with Crippen molar-refractivity contribution in [2.75, 3.05) is 18.1 Å². The van der Waals surface area contributed by atoms with Gasteiger partial charge >= 0.3 is 6.18 Å². The fourth-order valence-corrected chi connectivity index (χ4v) is 3.50. The van der Waals surface area contributed by atoms with E-state index in [0.29, 0.717) is 36.7 Å². The number of sulfone groups is 1. The lowest BCUT2D eigenvalue weighted by Gasteiger charge is -2.19. The summed E-state index contributed by atoms with van der Waals surface area (Å²) >= 11 is 0. The van der Waals surface area contributed by atoms with Crippen LogP contribution in [0.4, 0.5) is 23.2 Å². The van der Waals surface area contributed by atoms with Crippen LogP contribution in [0.1, 0.15) is 24.0 Å². The van der Waals surface area contributed by atoms with Gasteiger partial charge in [-0.25, -0.2) is 12.8 Å². The summed E-state index contributed by atoms with van der Waals surface area (Å²) in [4.78, 5) is 0.184. The number of anilines is 1. The van der Waals surface area contributed by atoms with Crippen LogP contribution in [0.25, 0.3) is 0 Å². The number of hydrogen-bond donors (Lipinski definition) is 1. The molecule has 0 aromatic heterocycles. The molecule has 3 nitrogen and oxygen atoms in total. The van der Waals surface area contributed by atoms with Crippen LogP contribution in [0.2, 0.25) is 0 Å². The van der Waals surface area contributed by atoms with Crippen molar-refractivity contribution >= 4 is 15.5 Å². The zero-order valence-corrected chi connectivity index (χ0v) is 14.7. The van der Waals surface area contributed by atoms with E-state index in [-0.39, 0.29) is 4.90 Å². The predicted octanol–water partition coefficient (Wildman–Crippen LogP) is 4.39. The smallest absolute Gasteiger partial charge is 0.384 e. The van der Waals surface area contributed by atoms with Crippen molar-refractivity contribution < 1.29 is 26.0 Å². The molecule has 3 rings (SSSR count). The molecule has 0 bridgehead atoms. The van der Waals surface area contributed by atoms with E-state index in [9.17, 15) is 26.0 Å². The molecule has 8 heteroatoms. The molecule has 0 heterocycles. The largest absolute Gasteiger partial charge is 0.416 e. The maximum atomic E-state index is 13.7. The fourth-order valence-electron chi connectivity index (χ4n) is 2.87. The van der Waals surface area contributed by atoms with Crippen molar-refractivity contribution in [3.05, 3.63) is 59.4 Å². The minimum atomic E-state index is -4.60. The molecule has 2 aromatic rings. The second kappa shape index (κ2) is 6.26. The minimum absolute atomic E-state index is 0.184. The average molecular weight is 387 g/mol. The van der Waals surface area contributed by atoms with E-state index in [0.717, 1.165) is 18.4 Å². The molecule has 1 aliphatic carbocycles. The third kappa shape index (κ3) is 4.00. The Kier molecular flexibility index (Phi) is 4.50. The maximum absolute atomic E-state index is 13.7. The van der Waals surface area contributed by atoms with Crippen molar-refractivity contribution in [2.24, 2.45) is 0 Å². The quantitative estimate of drug-likeness (QED) is 0.774. The van der Waals surface area contributed by atoms with Gasteiger partial charge in [-0.15, -0.1) is 0 Å². The molecule has 1 N–H and O–H groups in total. The molecule has 2 aromatic carbocycles. The van der Waals surface area contributed by atoms with Crippen LogP contribution in [-0.4, -0.2) is 21.2 Å². The molecule has 0 spiro atoms. The summed E-state index contributed by atoms with van der Waals surface area (Å²) in [5.41, 5.74) is -0.560. The van der Waals surface area contributed by atoms with E-state index in [2.05, 4.69) is 5.32 Å². The number of alkyl halides is 3. The first-order valence-corrected chi connectivity index (χ1v) is 9.81. The van der Waals surface area contributed by atoms with Crippen LogP contribution in [-0.2, 0) is 21.4 Å². The molecule has 140 valence electrons. The first-order chi connectivity index (χ1) is 12.0. The van der Waals surface area contributed by atoms with E-state index in [1.54, 1.807) is 12.1 Å².